The number of aryl methyl sites for hydroxylation is 2. The molecule has 0 saturated carbocycles. The van der Waals surface area contributed by atoms with Gasteiger partial charge in [0.2, 0.25) is 5.89 Å². The zero-order valence-electron chi connectivity index (χ0n) is 14.7. The first-order chi connectivity index (χ1) is 12.8. The van der Waals surface area contributed by atoms with Crippen molar-refractivity contribution in [2.45, 2.75) is 19.5 Å². The van der Waals surface area contributed by atoms with Gasteiger partial charge in [-0.15, -0.1) is 0 Å². The molecule has 3 rings (SSSR count). The maximum absolute atomic E-state index is 12.9. The summed E-state index contributed by atoms with van der Waals surface area (Å²) in [5.41, 5.74) is -0.254. The van der Waals surface area contributed by atoms with Gasteiger partial charge in [0.05, 0.1) is 11.3 Å². The number of carbonyl (C=O) groups excluding carboxylic acids is 1. The number of amides is 1. The molecule has 1 amide bonds. The summed E-state index contributed by atoms with van der Waals surface area (Å²) in [7, 11) is 1.33. The predicted octanol–water partition coefficient (Wildman–Crippen LogP) is 3.37. The number of hydrogen-bond acceptors (Lipinski definition) is 4. The van der Waals surface area contributed by atoms with Gasteiger partial charge in [0.15, 0.2) is 5.69 Å². The summed E-state index contributed by atoms with van der Waals surface area (Å²) in [6.07, 6.45) is -3.32. The molecule has 0 bridgehead atoms. The van der Waals surface area contributed by atoms with Crippen molar-refractivity contribution in [3.63, 3.8) is 0 Å². The summed E-state index contributed by atoms with van der Waals surface area (Å²) in [5.74, 6) is 0.223. The van der Waals surface area contributed by atoms with Crippen molar-refractivity contribution in [1.29, 1.82) is 0 Å². The molecule has 0 radical (unpaired) electrons. The van der Waals surface area contributed by atoms with E-state index >= 15 is 0 Å². The fourth-order valence-electron chi connectivity index (χ4n) is 2.62. The van der Waals surface area contributed by atoms with Gasteiger partial charge in [-0.2, -0.15) is 18.3 Å². The van der Waals surface area contributed by atoms with Crippen LogP contribution in [0.4, 0.5) is 13.2 Å². The smallest absolute Gasteiger partial charge is 0.435 e. The molecule has 0 aliphatic rings. The van der Waals surface area contributed by atoms with Crippen LogP contribution in [0, 0.1) is 6.92 Å². The Morgan fingerprint density at radius 2 is 1.96 bits per heavy atom. The predicted molar refractivity (Wildman–Crippen MR) is 90.9 cm³/mol. The van der Waals surface area contributed by atoms with Gasteiger partial charge in [0.1, 0.15) is 5.76 Å². The lowest BCUT2D eigenvalue weighted by molar-refractivity contribution is -0.141. The maximum atomic E-state index is 12.9. The van der Waals surface area contributed by atoms with Gasteiger partial charge in [-0.1, -0.05) is 18.2 Å². The van der Waals surface area contributed by atoms with Crippen LogP contribution >= 0.6 is 0 Å². The number of carbonyl (C=O) groups is 1. The minimum atomic E-state index is -4.69. The number of hydrogen-bond donors (Lipinski definition) is 1. The summed E-state index contributed by atoms with van der Waals surface area (Å²) in [6, 6.07) is 9.32. The molecule has 0 saturated heterocycles. The van der Waals surface area contributed by atoms with E-state index in [1.165, 1.54) is 7.05 Å². The van der Waals surface area contributed by atoms with E-state index in [0.29, 0.717) is 23.8 Å². The molecule has 0 fully saturated rings. The third-order valence-corrected chi connectivity index (χ3v) is 3.90. The molecule has 0 aliphatic carbocycles. The van der Waals surface area contributed by atoms with Crippen molar-refractivity contribution in [2.75, 3.05) is 6.54 Å². The van der Waals surface area contributed by atoms with E-state index < -0.39 is 23.3 Å². The van der Waals surface area contributed by atoms with E-state index in [1.807, 2.05) is 30.3 Å². The van der Waals surface area contributed by atoms with Gasteiger partial charge < -0.3 is 9.73 Å². The monoisotopic (exact) mass is 378 g/mol. The highest BCUT2D eigenvalue weighted by Gasteiger charge is 2.38. The average molecular weight is 378 g/mol. The van der Waals surface area contributed by atoms with Crippen LogP contribution < -0.4 is 5.32 Å². The molecule has 2 heterocycles. The number of nitrogens with one attached hydrogen (secondary N) is 1. The van der Waals surface area contributed by atoms with Crippen LogP contribution in [0.15, 0.2) is 40.9 Å². The summed E-state index contributed by atoms with van der Waals surface area (Å²) in [5, 5.41) is 5.80. The Morgan fingerprint density at radius 1 is 1.26 bits per heavy atom. The minimum Gasteiger partial charge on any atom is -0.441 e. The number of rotatable bonds is 5. The highest BCUT2D eigenvalue weighted by Crippen LogP contribution is 2.30. The van der Waals surface area contributed by atoms with Gasteiger partial charge in [0.25, 0.3) is 5.91 Å². The van der Waals surface area contributed by atoms with E-state index in [-0.39, 0.29) is 6.54 Å². The lowest BCUT2D eigenvalue weighted by Crippen LogP contribution is -2.27. The minimum absolute atomic E-state index is 0.118. The third-order valence-electron chi connectivity index (χ3n) is 3.90. The van der Waals surface area contributed by atoms with Crippen LogP contribution in [0.2, 0.25) is 0 Å². The molecule has 2 aromatic heterocycles. The topological polar surface area (TPSA) is 73.0 Å². The van der Waals surface area contributed by atoms with Gasteiger partial charge in [-0.25, -0.2) is 4.98 Å². The van der Waals surface area contributed by atoms with Gasteiger partial charge in [-0.3, -0.25) is 9.48 Å². The van der Waals surface area contributed by atoms with E-state index in [9.17, 15) is 18.0 Å². The number of aromatic nitrogens is 3. The Bertz CT molecular complexity index is 945. The Morgan fingerprint density at radius 3 is 2.63 bits per heavy atom. The molecular weight excluding hydrogens is 361 g/mol. The molecule has 0 atom stereocenters. The van der Waals surface area contributed by atoms with Crippen molar-refractivity contribution in [3.05, 3.63) is 59.2 Å². The fraction of sp³-hybridized carbons (Fsp3) is 0.278. The summed E-state index contributed by atoms with van der Waals surface area (Å²) in [4.78, 5) is 16.5. The molecule has 1 aromatic carbocycles. The molecule has 9 heteroatoms. The van der Waals surface area contributed by atoms with E-state index in [0.717, 1.165) is 16.4 Å². The molecule has 142 valence electrons. The van der Waals surface area contributed by atoms with E-state index in [2.05, 4.69) is 15.4 Å². The highest BCUT2D eigenvalue weighted by molar-refractivity contribution is 5.95. The number of oxazole rings is 1. The number of halogens is 3. The number of benzene rings is 1. The van der Waals surface area contributed by atoms with Crippen molar-refractivity contribution < 1.29 is 22.4 Å². The van der Waals surface area contributed by atoms with Crippen molar-refractivity contribution >= 4 is 5.91 Å². The Balaban J connectivity index is 1.66. The third kappa shape index (κ3) is 4.18. The standard InChI is InChI=1S/C18H17F3N4O2/c1-11-14(23-17(27-11)12-6-4-3-5-7-12)8-9-22-16(26)13-10-25(2)24-15(13)18(19,20)21/h3-7,10H,8-9H2,1-2H3,(H,22,26). The lowest BCUT2D eigenvalue weighted by atomic mass is 10.2. The second-order valence-corrected chi connectivity index (χ2v) is 5.96. The largest absolute Gasteiger partial charge is 0.441 e. The Hall–Kier alpha value is -3.10. The van der Waals surface area contributed by atoms with Crippen LogP contribution in [0.5, 0.6) is 0 Å². The van der Waals surface area contributed by atoms with Crippen LogP contribution in [0.25, 0.3) is 11.5 Å². The summed E-state index contributed by atoms with van der Waals surface area (Å²) in [6.45, 7) is 1.87. The van der Waals surface area contributed by atoms with Crippen molar-refractivity contribution in [1.82, 2.24) is 20.1 Å². The summed E-state index contributed by atoms with van der Waals surface area (Å²) < 4.78 is 45.4. The van der Waals surface area contributed by atoms with Crippen LogP contribution in [-0.2, 0) is 19.6 Å². The lowest BCUT2D eigenvalue weighted by Gasteiger charge is -2.06. The van der Waals surface area contributed by atoms with Crippen LogP contribution in [0.1, 0.15) is 27.5 Å². The van der Waals surface area contributed by atoms with E-state index in [4.69, 9.17) is 4.42 Å². The Labute approximate surface area is 153 Å². The van der Waals surface area contributed by atoms with Gasteiger partial charge >= 0.3 is 6.18 Å². The second-order valence-electron chi connectivity index (χ2n) is 5.96. The van der Waals surface area contributed by atoms with Crippen LogP contribution in [-0.4, -0.2) is 27.2 Å². The van der Waals surface area contributed by atoms with Crippen molar-refractivity contribution in [2.24, 2.45) is 7.05 Å². The first kappa shape index (κ1) is 18.7. The molecule has 0 unspecified atom stereocenters. The average Bonchev–Trinajstić information content (AvgIpc) is 3.19. The molecule has 6 nitrogen and oxygen atoms in total. The summed E-state index contributed by atoms with van der Waals surface area (Å²) >= 11 is 0. The zero-order chi connectivity index (χ0) is 19.6. The molecular formula is C18H17F3N4O2. The quantitative estimate of drug-likeness (QED) is 0.739. The fourth-order valence-corrected chi connectivity index (χ4v) is 2.62. The van der Waals surface area contributed by atoms with Gasteiger partial charge in [0, 0.05) is 31.8 Å². The van der Waals surface area contributed by atoms with E-state index in [1.54, 1.807) is 6.92 Å². The first-order valence-electron chi connectivity index (χ1n) is 8.16. The zero-order valence-corrected chi connectivity index (χ0v) is 14.7. The maximum Gasteiger partial charge on any atom is 0.435 e. The number of alkyl halides is 3. The highest BCUT2D eigenvalue weighted by atomic mass is 19.4. The Kier molecular flexibility index (Phi) is 5.02. The van der Waals surface area contributed by atoms with Crippen molar-refractivity contribution in [3.8, 4) is 11.5 Å². The van der Waals surface area contributed by atoms with Gasteiger partial charge in [-0.05, 0) is 19.1 Å². The SMILES string of the molecule is Cc1oc(-c2ccccc2)nc1CCNC(=O)c1cn(C)nc1C(F)(F)F. The molecule has 0 spiro atoms. The molecule has 27 heavy (non-hydrogen) atoms. The molecule has 1 N–H and O–H groups in total. The number of nitrogens with zero attached hydrogens (tertiary/aromatic N) is 3. The molecule has 3 aromatic rings. The normalized spacial score (nSPS) is 11.6. The second kappa shape index (κ2) is 7.26. The molecule has 0 aliphatic heterocycles. The van der Waals surface area contributed by atoms with Crippen LogP contribution in [0.3, 0.4) is 0 Å². The first-order valence-corrected chi connectivity index (χ1v) is 8.16.